The van der Waals surface area contributed by atoms with Gasteiger partial charge in [-0.2, -0.15) is 11.3 Å². The van der Waals surface area contributed by atoms with Gasteiger partial charge in [-0.3, -0.25) is 0 Å². The first kappa shape index (κ1) is 13.7. The zero-order chi connectivity index (χ0) is 12.2. The molecule has 0 bridgehead atoms. The maximum Gasteiger partial charge on any atom is 0.0746 e. The van der Waals surface area contributed by atoms with Gasteiger partial charge in [0.25, 0.3) is 0 Å². The van der Waals surface area contributed by atoms with Crippen molar-refractivity contribution in [2.45, 2.75) is 51.7 Å². The highest BCUT2D eigenvalue weighted by Gasteiger charge is 2.22. The van der Waals surface area contributed by atoms with E-state index < -0.39 is 5.60 Å². The van der Waals surface area contributed by atoms with E-state index in [0.717, 1.165) is 12.8 Å². The minimum absolute atomic E-state index is 0.0619. The van der Waals surface area contributed by atoms with Crippen LogP contribution in [-0.4, -0.2) is 22.8 Å². The average molecular weight is 241 g/mol. The molecule has 1 aromatic heterocycles. The molecular formula is C13H23NOS. The zero-order valence-corrected chi connectivity index (χ0v) is 11.5. The molecule has 0 radical (unpaired) electrons. The van der Waals surface area contributed by atoms with Gasteiger partial charge in [0.1, 0.15) is 0 Å². The largest absolute Gasteiger partial charge is 0.389 e. The summed E-state index contributed by atoms with van der Waals surface area (Å²) in [6.45, 7) is 8.88. The quantitative estimate of drug-likeness (QED) is 0.831. The lowest BCUT2D eigenvalue weighted by Crippen LogP contribution is -2.46. The lowest BCUT2D eigenvalue weighted by molar-refractivity contribution is 0.0448. The Morgan fingerprint density at radius 1 is 1.31 bits per heavy atom. The van der Waals surface area contributed by atoms with Gasteiger partial charge < -0.3 is 10.4 Å². The lowest BCUT2D eigenvalue weighted by atomic mass is 9.96. The number of rotatable bonds is 5. The Labute approximate surface area is 103 Å². The smallest absolute Gasteiger partial charge is 0.0746 e. The fourth-order valence-electron chi connectivity index (χ4n) is 1.39. The van der Waals surface area contributed by atoms with Gasteiger partial charge in [0.05, 0.1) is 5.60 Å². The van der Waals surface area contributed by atoms with Gasteiger partial charge in [0.15, 0.2) is 0 Å². The van der Waals surface area contributed by atoms with Crippen molar-refractivity contribution in [2.75, 3.05) is 6.54 Å². The molecule has 1 atom stereocenters. The summed E-state index contributed by atoms with van der Waals surface area (Å²) in [7, 11) is 0. The van der Waals surface area contributed by atoms with Gasteiger partial charge >= 0.3 is 0 Å². The van der Waals surface area contributed by atoms with Crippen LogP contribution < -0.4 is 5.32 Å². The van der Waals surface area contributed by atoms with E-state index in [0.29, 0.717) is 6.54 Å². The van der Waals surface area contributed by atoms with E-state index in [2.05, 4.69) is 42.9 Å². The number of hydrogen-bond acceptors (Lipinski definition) is 3. The van der Waals surface area contributed by atoms with Gasteiger partial charge in [-0.25, -0.2) is 0 Å². The molecule has 0 saturated heterocycles. The van der Waals surface area contributed by atoms with Gasteiger partial charge in [-0.1, -0.05) is 0 Å². The SMILES string of the molecule is CC(O)(CCc1ccsc1)CNC(C)(C)C. The second-order valence-electron chi connectivity index (χ2n) is 5.73. The molecule has 3 heteroatoms. The highest BCUT2D eigenvalue weighted by Crippen LogP contribution is 2.16. The number of hydrogen-bond donors (Lipinski definition) is 2. The monoisotopic (exact) mass is 241 g/mol. The molecule has 0 aliphatic rings. The van der Waals surface area contributed by atoms with Crippen LogP contribution in [0.25, 0.3) is 0 Å². The van der Waals surface area contributed by atoms with Gasteiger partial charge in [0, 0.05) is 12.1 Å². The maximum atomic E-state index is 10.2. The Bertz CT molecular complexity index is 298. The highest BCUT2D eigenvalue weighted by atomic mass is 32.1. The number of nitrogens with one attached hydrogen (secondary N) is 1. The van der Waals surface area contributed by atoms with E-state index in [1.165, 1.54) is 5.56 Å². The van der Waals surface area contributed by atoms with E-state index in [4.69, 9.17) is 0 Å². The molecule has 0 aromatic carbocycles. The first-order valence-electron chi connectivity index (χ1n) is 5.77. The molecule has 0 aliphatic heterocycles. The normalized spacial score (nSPS) is 16.1. The van der Waals surface area contributed by atoms with Crippen molar-refractivity contribution in [1.29, 1.82) is 0 Å². The summed E-state index contributed by atoms with van der Waals surface area (Å²) in [4.78, 5) is 0. The molecule has 0 spiro atoms. The minimum atomic E-state index is -0.630. The minimum Gasteiger partial charge on any atom is -0.389 e. The Morgan fingerprint density at radius 3 is 2.50 bits per heavy atom. The summed E-state index contributed by atoms with van der Waals surface area (Å²) in [6, 6.07) is 2.12. The molecule has 0 amide bonds. The first-order valence-corrected chi connectivity index (χ1v) is 6.71. The number of aryl methyl sites for hydroxylation is 1. The lowest BCUT2D eigenvalue weighted by Gasteiger charge is -2.29. The van der Waals surface area contributed by atoms with Crippen LogP contribution in [0.5, 0.6) is 0 Å². The molecule has 92 valence electrons. The van der Waals surface area contributed by atoms with Crippen LogP contribution in [0.2, 0.25) is 0 Å². The predicted molar refractivity (Wildman–Crippen MR) is 71.0 cm³/mol. The fraction of sp³-hybridized carbons (Fsp3) is 0.692. The second-order valence-corrected chi connectivity index (χ2v) is 6.51. The first-order chi connectivity index (χ1) is 7.29. The Balaban J connectivity index is 2.34. The third-order valence-electron chi connectivity index (χ3n) is 2.53. The van der Waals surface area contributed by atoms with Crippen molar-refractivity contribution in [2.24, 2.45) is 0 Å². The molecule has 1 aromatic rings. The number of β-amino-alcohol motifs (C(OH)–C–C–N with tert-alkyl or cyclic N) is 1. The van der Waals surface area contributed by atoms with Crippen molar-refractivity contribution in [1.82, 2.24) is 5.32 Å². The molecule has 2 nitrogen and oxygen atoms in total. The van der Waals surface area contributed by atoms with E-state index in [9.17, 15) is 5.11 Å². The summed E-state index contributed by atoms with van der Waals surface area (Å²) in [6.07, 6.45) is 1.75. The van der Waals surface area contributed by atoms with Crippen LogP contribution in [0.3, 0.4) is 0 Å². The van der Waals surface area contributed by atoms with Crippen LogP contribution in [0.15, 0.2) is 16.8 Å². The fourth-order valence-corrected chi connectivity index (χ4v) is 2.10. The number of aliphatic hydroxyl groups is 1. The maximum absolute atomic E-state index is 10.2. The molecule has 0 saturated carbocycles. The van der Waals surface area contributed by atoms with Crippen molar-refractivity contribution >= 4 is 11.3 Å². The number of thiophene rings is 1. The predicted octanol–water partition coefficient (Wildman–Crippen LogP) is 2.82. The van der Waals surface area contributed by atoms with Crippen LogP contribution >= 0.6 is 11.3 Å². The molecule has 1 rings (SSSR count). The van der Waals surface area contributed by atoms with Gasteiger partial charge in [-0.05, 0) is 62.9 Å². The van der Waals surface area contributed by atoms with Crippen LogP contribution in [-0.2, 0) is 6.42 Å². The Morgan fingerprint density at radius 2 is 2.00 bits per heavy atom. The van der Waals surface area contributed by atoms with Crippen LogP contribution in [0.1, 0.15) is 39.7 Å². The molecule has 0 aliphatic carbocycles. The summed E-state index contributed by atoms with van der Waals surface area (Å²) < 4.78 is 0. The standard InChI is InChI=1S/C13H23NOS/c1-12(2,3)14-10-13(4,15)7-5-11-6-8-16-9-11/h6,8-9,14-15H,5,7,10H2,1-4H3. The Hall–Kier alpha value is -0.380. The van der Waals surface area contributed by atoms with E-state index in [-0.39, 0.29) is 5.54 Å². The molecule has 2 N–H and O–H groups in total. The van der Waals surface area contributed by atoms with Crippen molar-refractivity contribution in [3.63, 3.8) is 0 Å². The second kappa shape index (κ2) is 5.30. The van der Waals surface area contributed by atoms with Crippen LogP contribution in [0, 0.1) is 0 Å². The third kappa shape index (κ3) is 5.64. The summed E-state index contributed by atoms with van der Waals surface area (Å²) in [5.74, 6) is 0. The molecule has 1 heterocycles. The topological polar surface area (TPSA) is 32.3 Å². The molecule has 16 heavy (non-hydrogen) atoms. The summed E-state index contributed by atoms with van der Waals surface area (Å²) >= 11 is 1.71. The summed E-state index contributed by atoms with van der Waals surface area (Å²) in [5, 5.41) is 17.8. The zero-order valence-electron chi connectivity index (χ0n) is 10.7. The Kier molecular flexibility index (Phi) is 4.53. The van der Waals surface area contributed by atoms with Gasteiger partial charge in [-0.15, -0.1) is 0 Å². The van der Waals surface area contributed by atoms with E-state index in [1.54, 1.807) is 11.3 Å². The summed E-state index contributed by atoms with van der Waals surface area (Å²) in [5.41, 5.74) is 0.753. The van der Waals surface area contributed by atoms with E-state index >= 15 is 0 Å². The van der Waals surface area contributed by atoms with Crippen molar-refractivity contribution in [3.05, 3.63) is 22.4 Å². The van der Waals surface area contributed by atoms with Gasteiger partial charge in [0.2, 0.25) is 0 Å². The van der Waals surface area contributed by atoms with E-state index in [1.807, 2.05) is 6.92 Å². The molecular weight excluding hydrogens is 218 g/mol. The van der Waals surface area contributed by atoms with Crippen molar-refractivity contribution in [3.8, 4) is 0 Å². The van der Waals surface area contributed by atoms with Crippen LogP contribution in [0.4, 0.5) is 0 Å². The highest BCUT2D eigenvalue weighted by molar-refractivity contribution is 7.07. The molecule has 0 fully saturated rings. The third-order valence-corrected chi connectivity index (χ3v) is 3.26. The average Bonchev–Trinajstić information content (AvgIpc) is 2.64. The van der Waals surface area contributed by atoms with Crippen molar-refractivity contribution < 1.29 is 5.11 Å². The molecule has 1 unspecified atom stereocenters.